The predicted octanol–water partition coefficient (Wildman–Crippen LogP) is 4.23. The monoisotopic (exact) mass is 349 g/mol. The van der Waals surface area contributed by atoms with Crippen molar-refractivity contribution in [2.24, 2.45) is 0 Å². The predicted molar refractivity (Wildman–Crippen MR) is 89.5 cm³/mol. The van der Waals surface area contributed by atoms with E-state index in [4.69, 9.17) is 0 Å². The molecule has 1 amide bonds. The van der Waals surface area contributed by atoms with Crippen LogP contribution in [0.3, 0.4) is 0 Å². The number of halogens is 1. The summed E-state index contributed by atoms with van der Waals surface area (Å²) < 4.78 is 1.06. The average Bonchev–Trinajstić information content (AvgIpc) is 2.47. The average molecular weight is 350 g/mol. The molecule has 2 nitrogen and oxygen atoms in total. The molecule has 1 N–H and O–H groups in total. The minimum Gasteiger partial charge on any atom is -0.349 e. The van der Waals surface area contributed by atoms with E-state index >= 15 is 0 Å². The molecule has 1 aliphatic rings. The van der Waals surface area contributed by atoms with Gasteiger partial charge in [-0.05, 0) is 59.4 Å². The number of fused-ring (bicyclic) bond motifs is 1. The van der Waals surface area contributed by atoms with Gasteiger partial charge in [-0.15, -0.1) is 0 Å². The minimum atomic E-state index is 0.0479. The van der Waals surface area contributed by atoms with Gasteiger partial charge in [0, 0.05) is 16.1 Å². The first kappa shape index (κ1) is 14.0. The summed E-state index contributed by atoms with van der Waals surface area (Å²) in [4.78, 5) is 12.3. The third kappa shape index (κ3) is 3.18. The van der Waals surface area contributed by atoms with Gasteiger partial charge < -0.3 is 5.32 Å². The second kappa shape index (κ2) is 6.19. The van der Waals surface area contributed by atoms with Gasteiger partial charge in [0.1, 0.15) is 0 Å². The Morgan fingerprint density at radius 2 is 1.80 bits per heavy atom. The number of hydrogen-bond acceptors (Lipinski definition) is 2. The third-order valence-electron chi connectivity index (χ3n) is 3.62. The molecule has 2 aromatic rings. The van der Waals surface area contributed by atoms with Gasteiger partial charge in [0.2, 0.25) is 0 Å². The molecular formula is C16H16BrNOS. The molecule has 2 aromatic carbocycles. The molecule has 4 heteroatoms. The largest absolute Gasteiger partial charge is 0.349 e. The maximum absolute atomic E-state index is 12.3. The lowest BCUT2D eigenvalue weighted by Gasteiger charge is -2.22. The van der Waals surface area contributed by atoms with Crippen LogP contribution in [-0.4, -0.2) is 23.5 Å². The van der Waals surface area contributed by atoms with Crippen LogP contribution >= 0.6 is 27.7 Å². The van der Waals surface area contributed by atoms with E-state index in [2.05, 4.69) is 27.3 Å². The first-order valence-corrected chi connectivity index (χ1v) is 8.75. The molecule has 0 bridgehead atoms. The van der Waals surface area contributed by atoms with Gasteiger partial charge in [0.05, 0.1) is 0 Å². The molecule has 1 saturated heterocycles. The van der Waals surface area contributed by atoms with Crippen LogP contribution < -0.4 is 5.32 Å². The fourth-order valence-electron chi connectivity index (χ4n) is 2.47. The highest BCUT2D eigenvalue weighted by molar-refractivity contribution is 9.10. The lowest BCUT2D eigenvalue weighted by atomic mass is 10.1. The van der Waals surface area contributed by atoms with Crippen molar-refractivity contribution in [2.45, 2.75) is 18.9 Å². The zero-order valence-electron chi connectivity index (χ0n) is 11.1. The van der Waals surface area contributed by atoms with Gasteiger partial charge in [-0.3, -0.25) is 4.79 Å². The van der Waals surface area contributed by atoms with E-state index in [9.17, 15) is 4.79 Å². The van der Waals surface area contributed by atoms with E-state index in [1.54, 1.807) is 0 Å². The summed E-state index contributed by atoms with van der Waals surface area (Å²) in [5.74, 6) is 2.35. The summed E-state index contributed by atoms with van der Waals surface area (Å²) in [7, 11) is 0. The number of amides is 1. The molecule has 104 valence electrons. The SMILES string of the molecule is O=C(NC1CCSCC1)c1ccc2cc(Br)ccc2c1. The van der Waals surface area contributed by atoms with Crippen LogP contribution in [0.5, 0.6) is 0 Å². The molecule has 20 heavy (non-hydrogen) atoms. The maximum atomic E-state index is 12.3. The van der Waals surface area contributed by atoms with E-state index in [1.807, 2.05) is 42.1 Å². The fraction of sp³-hybridized carbons (Fsp3) is 0.312. The number of benzene rings is 2. The highest BCUT2D eigenvalue weighted by Gasteiger charge is 2.16. The molecule has 0 spiro atoms. The van der Waals surface area contributed by atoms with E-state index in [0.717, 1.165) is 45.2 Å². The van der Waals surface area contributed by atoms with Crippen molar-refractivity contribution in [3.63, 3.8) is 0 Å². The lowest BCUT2D eigenvalue weighted by Crippen LogP contribution is -2.37. The number of rotatable bonds is 2. The van der Waals surface area contributed by atoms with Crippen molar-refractivity contribution in [2.75, 3.05) is 11.5 Å². The van der Waals surface area contributed by atoms with Crippen molar-refractivity contribution in [1.29, 1.82) is 0 Å². The van der Waals surface area contributed by atoms with Crippen LogP contribution in [0.15, 0.2) is 40.9 Å². The first-order valence-electron chi connectivity index (χ1n) is 6.80. The van der Waals surface area contributed by atoms with E-state index in [1.165, 1.54) is 0 Å². The highest BCUT2D eigenvalue weighted by Crippen LogP contribution is 2.22. The summed E-state index contributed by atoms with van der Waals surface area (Å²) in [5.41, 5.74) is 0.748. The van der Waals surface area contributed by atoms with Crippen molar-refractivity contribution < 1.29 is 4.79 Å². The van der Waals surface area contributed by atoms with Gasteiger partial charge in [0.25, 0.3) is 5.91 Å². The Morgan fingerprint density at radius 3 is 2.60 bits per heavy atom. The molecule has 0 unspecified atom stereocenters. The highest BCUT2D eigenvalue weighted by atomic mass is 79.9. The maximum Gasteiger partial charge on any atom is 0.251 e. The molecule has 0 saturated carbocycles. The Labute approximate surface area is 131 Å². The Hall–Kier alpha value is -1.00. The molecule has 1 heterocycles. The summed E-state index contributed by atoms with van der Waals surface area (Å²) in [6.07, 6.45) is 2.16. The Bertz CT molecular complexity index is 637. The van der Waals surface area contributed by atoms with E-state index in [-0.39, 0.29) is 5.91 Å². The molecule has 1 aliphatic heterocycles. The van der Waals surface area contributed by atoms with Crippen molar-refractivity contribution in [1.82, 2.24) is 5.32 Å². The van der Waals surface area contributed by atoms with Gasteiger partial charge >= 0.3 is 0 Å². The molecule has 0 radical (unpaired) electrons. The van der Waals surface area contributed by atoms with Gasteiger partial charge in [0.15, 0.2) is 0 Å². The number of carbonyl (C=O) groups is 1. The van der Waals surface area contributed by atoms with E-state index in [0.29, 0.717) is 6.04 Å². The minimum absolute atomic E-state index is 0.0479. The van der Waals surface area contributed by atoms with E-state index < -0.39 is 0 Å². The standard InChI is InChI=1S/C16H16BrNOS/c17-14-4-3-11-9-13(2-1-12(11)10-14)16(19)18-15-5-7-20-8-6-15/h1-4,9-10,15H,5-8H2,(H,18,19). The molecule has 0 aromatic heterocycles. The van der Waals surface area contributed by atoms with Crippen molar-refractivity contribution >= 4 is 44.4 Å². The molecule has 1 fully saturated rings. The van der Waals surface area contributed by atoms with Gasteiger partial charge in [-0.2, -0.15) is 11.8 Å². The molecule has 0 atom stereocenters. The Morgan fingerprint density at radius 1 is 1.10 bits per heavy atom. The van der Waals surface area contributed by atoms with Crippen molar-refractivity contribution in [3.05, 3.63) is 46.4 Å². The van der Waals surface area contributed by atoms with Crippen molar-refractivity contribution in [3.8, 4) is 0 Å². The fourth-order valence-corrected chi connectivity index (χ4v) is 3.95. The second-order valence-corrected chi connectivity index (χ2v) is 7.21. The zero-order valence-corrected chi connectivity index (χ0v) is 13.5. The number of carbonyl (C=O) groups excluding carboxylic acids is 1. The first-order chi connectivity index (χ1) is 9.72. The smallest absolute Gasteiger partial charge is 0.251 e. The summed E-state index contributed by atoms with van der Waals surface area (Å²) in [5, 5.41) is 5.39. The summed E-state index contributed by atoms with van der Waals surface area (Å²) in [6, 6.07) is 12.3. The molecule has 0 aliphatic carbocycles. The van der Waals surface area contributed by atoms with Crippen LogP contribution in [0.1, 0.15) is 23.2 Å². The van der Waals surface area contributed by atoms with Crippen LogP contribution in [0.25, 0.3) is 10.8 Å². The Kier molecular flexibility index (Phi) is 4.32. The second-order valence-electron chi connectivity index (χ2n) is 5.07. The number of nitrogens with one attached hydrogen (secondary N) is 1. The number of hydrogen-bond donors (Lipinski definition) is 1. The van der Waals surface area contributed by atoms with Crippen LogP contribution in [0.4, 0.5) is 0 Å². The van der Waals surface area contributed by atoms with Gasteiger partial charge in [-0.25, -0.2) is 0 Å². The zero-order chi connectivity index (χ0) is 13.9. The quantitative estimate of drug-likeness (QED) is 0.878. The normalized spacial score (nSPS) is 16.2. The molecular weight excluding hydrogens is 334 g/mol. The lowest BCUT2D eigenvalue weighted by molar-refractivity contribution is 0.0935. The van der Waals surface area contributed by atoms with Gasteiger partial charge in [-0.1, -0.05) is 28.1 Å². The van der Waals surface area contributed by atoms with Crippen LogP contribution in [0, 0.1) is 0 Å². The Balaban J connectivity index is 1.78. The molecule has 3 rings (SSSR count). The third-order valence-corrected chi connectivity index (χ3v) is 5.16. The topological polar surface area (TPSA) is 29.1 Å². The summed E-state index contributed by atoms with van der Waals surface area (Å²) >= 11 is 5.43. The summed E-state index contributed by atoms with van der Waals surface area (Å²) in [6.45, 7) is 0. The number of thioether (sulfide) groups is 1. The van der Waals surface area contributed by atoms with Crippen LogP contribution in [0.2, 0.25) is 0 Å². The van der Waals surface area contributed by atoms with Crippen LogP contribution in [-0.2, 0) is 0 Å².